The molecule has 0 heterocycles. The number of nitrogen functional groups attached to an aromatic ring is 1. The molecule has 1 nitrogen and oxygen atoms in total. The number of benzene rings is 2. The van der Waals surface area contributed by atoms with E-state index in [2.05, 4.69) is 0 Å². The highest BCUT2D eigenvalue weighted by atomic mass is 35.5. The maximum Gasteiger partial charge on any atom is 0.416 e. The van der Waals surface area contributed by atoms with Crippen molar-refractivity contribution < 1.29 is 13.2 Å². The Kier molecular flexibility index (Phi) is 3.95. The SMILES string of the molecule is Cc1cc(N)c(Cl)c(Cc2cccc(C(F)(F)F)c2)c1. The fourth-order valence-corrected chi connectivity index (χ4v) is 2.26. The molecule has 5 heteroatoms. The number of hydrogen-bond acceptors (Lipinski definition) is 1. The van der Waals surface area contributed by atoms with E-state index >= 15 is 0 Å². The largest absolute Gasteiger partial charge is 0.416 e. The van der Waals surface area contributed by atoms with E-state index in [-0.39, 0.29) is 0 Å². The molecule has 0 saturated carbocycles. The summed E-state index contributed by atoms with van der Waals surface area (Å²) in [4.78, 5) is 0. The molecule has 0 aliphatic carbocycles. The Bertz CT molecular complexity index is 636. The smallest absolute Gasteiger partial charge is 0.398 e. The van der Waals surface area contributed by atoms with Gasteiger partial charge in [-0.05, 0) is 42.2 Å². The average molecular weight is 300 g/mol. The van der Waals surface area contributed by atoms with Gasteiger partial charge >= 0.3 is 6.18 Å². The second kappa shape index (κ2) is 5.37. The number of rotatable bonds is 2. The lowest BCUT2D eigenvalue weighted by atomic mass is 10.0. The van der Waals surface area contributed by atoms with Crippen molar-refractivity contribution in [1.82, 2.24) is 0 Å². The first-order chi connectivity index (χ1) is 9.27. The standard InChI is InChI=1S/C15H13ClF3N/c1-9-5-11(14(16)13(20)6-9)7-10-3-2-4-12(8-10)15(17,18)19/h2-6,8H,7,20H2,1H3. The number of hydrogen-bond donors (Lipinski definition) is 1. The molecule has 0 saturated heterocycles. The van der Waals surface area contributed by atoms with E-state index in [1.54, 1.807) is 12.1 Å². The minimum absolute atomic E-state index is 0.314. The maximum atomic E-state index is 12.7. The molecule has 2 rings (SSSR count). The molecule has 0 aliphatic heterocycles. The summed E-state index contributed by atoms with van der Waals surface area (Å²) in [6.45, 7) is 1.86. The quantitative estimate of drug-likeness (QED) is 0.789. The van der Waals surface area contributed by atoms with E-state index < -0.39 is 11.7 Å². The van der Waals surface area contributed by atoms with Crippen LogP contribution in [-0.2, 0) is 12.6 Å². The normalized spacial score (nSPS) is 11.7. The van der Waals surface area contributed by atoms with E-state index in [1.165, 1.54) is 6.07 Å². The summed E-state index contributed by atoms with van der Waals surface area (Å²) in [5, 5.41) is 0.396. The van der Waals surface area contributed by atoms with Gasteiger partial charge in [0.2, 0.25) is 0 Å². The Morgan fingerprint density at radius 1 is 1.15 bits per heavy atom. The van der Waals surface area contributed by atoms with Crippen LogP contribution in [0.2, 0.25) is 5.02 Å². The molecule has 106 valence electrons. The molecule has 2 aromatic rings. The van der Waals surface area contributed by atoms with E-state index in [4.69, 9.17) is 17.3 Å². The molecule has 20 heavy (non-hydrogen) atoms. The minimum atomic E-state index is -4.34. The van der Waals surface area contributed by atoms with Gasteiger partial charge in [0.25, 0.3) is 0 Å². The van der Waals surface area contributed by atoms with Crippen molar-refractivity contribution in [2.24, 2.45) is 0 Å². The maximum absolute atomic E-state index is 12.7. The lowest BCUT2D eigenvalue weighted by Gasteiger charge is -2.11. The number of alkyl halides is 3. The van der Waals surface area contributed by atoms with Crippen LogP contribution in [0.5, 0.6) is 0 Å². The highest BCUT2D eigenvalue weighted by molar-refractivity contribution is 6.33. The second-order valence-electron chi connectivity index (χ2n) is 4.70. The molecule has 0 aromatic heterocycles. The van der Waals surface area contributed by atoms with Crippen LogP contribution in [0.1, 0.15) is 22.3 Å². The van der Waals surface area contributed by atoms with E-state index in [0.717, 1.165) is 23.3 Å². The molecule has 0 atom stereocenters. The first-order valence-electron chi connectivity index (χ1n) is 5.98. The van der Waals surface area contributed by atoms with Gasteiger partial charge in [0, 0.05) is 0 Å². The van der Waals surface area contributed by atoms with Crippen LogP contribution in [0.15, 0.2) is 36.4 Å². The molecule has 0 aliphatic rings. The van der Waals surface area contributed by atoms with Crippen molar-refractivity contribution in [3.8, 4) is 0 Å². The third-order valence-corrected chi connectivity index (χ3v) is 3.43. The number of anilines is 1. The summed E-state index contributed by atoms with van der Waals surface area (Å²) >= 11 is 6.10. The molecule has 0 bridgehead atoms. The van der Waals surface area contributed by atoms with E-state index in [1.807, 2.05) is 13.0 Å². The van der Waals surface area contributed by atoms with Crippen molar-refractivity contribution in [3.05, 3.63) is 63.7 Å². The third-order valence-electron chi connectivity index (χ3n) is 2.97. The van der Waals surface area contributed by atoms with Crippen molar-refractivity contribution in [2.75, 3.05) is 5.73 Å². The van der Waals surface area contributed by atoms with Crippen molar-refractivity contribution >= 4 is 17.3 Å². The number of aryl methyl sites for hydroxylation is 1. The highest BCUT2D eigenvalue weighted by Crippen LogP contribution is 2.31. The second-order valence-corrected chi connectivity index (χ2v) is 5.08. The Hall–Kier alpha value is -1.68. The van der Waals surface area contributed by atoms with Gasteiger partial charge in [0.15, 0.2) is 0 Å². The Morgan fingerprint density at radius 2 is 1.85 bits per heavy atom. The van der Waals surface area contributed by atoms with E-state index in [9.17, 15) is 13.2 Å². The van der Waals surface area contributed by atoms with Gasteiger partial charge in [0.05, 0.1) is 16.3 Å². The fourth-order valence-electron chi connectivity index (χ4n) is 2.08. The predicted octanol–water partition coefficient (Wildman–Crippen LogP) is 4.84. The minimum Gasteiger partial charge on any atom is -0.398 e. The van der Waals surface area contributed by atoms with Gasteiger partial charge in [-0.1, -0.05) is 35.9 Å². The van der Waals surface area contributed by atoms with Gasteiger partial charge in [0.1, 0.15) is 0 Å². The number of halogens is 4. The third kappa shape index (κ3) is 3.25. The molecule has 2 aromatic carbocycles. The summed E-state index contributed by atoms with van der Waals surface area (Å²) in [6, 6.07) is 8.79. The summed E-state index contributed by atoms with van der Waals surface area (Å²) < 4.78 is 38.0. The predicted molar refractivity (Wildman–Crippen MR) is 74.9 cm³/mol. The van der Waals surface area contributed by atoms with Gasteiger partial charge in [-0.3, -0.25) is 0 Å². The summed E-state index contributed by atoms with van der Waals surface area (Å²) in [6.07, 6.45) is -4.03. The summed E-state index contributed by atoms with van der Waals surface area (Å²) in [5.41, 5.74) is 7.74. The van der Waals surface area contributed by atoms with Crippen LogP contribution in [0.3, 0.4) is 0 Å². The van der Waals surface area contributed by atoms with Crippen LogP contribution in [-0.4, -0.2) is 0 Å². The molecule has 2 N–H and O–H groups in total. The zero-order chi connectivity index (χ0) is 14.9. The monoisotopic (exact) mass is 299 g/mol. The molecule has 0 amide bonds. The van der Waals surface area contributed by atoms with Crippen LogP contribution < -0.4 is 5.73 Å². The highest BCUT2D eigenvalue weighted by Gasteiger charge is 2.30. The molecule has 0 unspecified atom stereocenters. The van der Waals surface area contributed by atoms with Gasteiger partial charge in [-0.25, -0.2) is 0 Å². The van der Waals surface area contributed by atoms with Crippen LogP contribution in [0.4, 0.5) is 18.9 Å². The Labute approximate surface area is 120 Å². The molecule has 0 fully saturated rings. The zero-order valence-electron chi connectivity index (χ0n) is 10.8. The summed E-state index contributed by atoms with van der Waals surface area (Å²) in [5.74, 6) is 0. The van der Waals surface area contributed by atoms with E-state index in [0.29, 0.717) is 22.7 Å². The van der Waals surface area contributed by atoms with Crippen molar-refractivity contribution in [3.63, 3.8) is 0 Å². The van der Waals surface area contributed by atoms with Gasteiger partial charge in [-0.2, -0.15) is 13.2 Å². The lowest BCUT2D eigenvalue weighted by Crippen LogP contribution is -2.05. The lowest BCUT2D eigenvalue weighted by molar-refractivity contribution is -0.137. The zero-order valence-corrected chi connectivity index (χ0v) is 11.5. The Morgan fingerprint density at radius 3 is 2.50 bits per heavy atom. The number of nitrogens with two attached hydrogens (primary N) is 1. The molecular formula is C15H13ClF3N. The van der Waals surface area contributed by atoms with Crippen LogP contribution in [0, 0.1) is 6.92 Å². The summed E-state index contributed by atoms with van der Waals surface area (Å²) in [7, 11) is 0. The first kappa shape index (κ1) is 14.7. The van der Waals surface area contributed by atoms with Crippen molar-refractivity contribution in [2.45, 2.75) is 19.5 Å². The molecular weight excluding hydrogens is 287 g/mol. The van der Waals surface area contributed by atoms with Crippen molar-refractivity contribution in [1.29, 1.82) is 0 Å². The first-order valence-corrected chi connectivity index (χ1v) is 6.36. The Balaban J connectivity index is 2.36. The van der Waals surface area contributed by atoms with Crippen LogP contribution >= 0.6 is 11.6 Å². The molecule has 0 radical (unpaired) electrons. The van der Waals surface area contributed by atoms with Crippen LogP contribution in [0.25, 0.3) is 0 Å². The van der Waals surface area contributed by atoms with Gasteiger partial charge < -0.3 is 5.73 Å². The average Bonchev–Trinajstić information content (AvgIpc) is 2.35. The van der Waals surface area contributed by atoms with Gasteiger partial charge in [-0.15, -0.1) is 0 Å². The fraction of sp³-hybridized carbons (Fsp3) is 0.200. The topological polar surface area (TPSA) is 26.0 Å². The molecule has 0 spiro atoms.